The number of hydrogen-bond acceptors (Lipinski definition) is 7. The lowest BCUT2D eigenvalue weighted by Gasteiger charge is -2.16. The summed E-state index contributed by atoms with van der Waals surface area (Å²) in [5.74, 6) is -0.479. The van der Waals surface area contributed by atoms with E-state index >= 15 is 0 Å². The molecule has 0 aromatic carbocycles. The molecule has 1 N–H and O–H groups in total. The monoisotopic (exact) mass is 320 g/mol. The topological polar surface area (TPSA) is 69.7 Å². The third-order valence-electron chi connectivity index (χ3n) is 2.80. The first-order valence-electron chi connectivity index (χ1n) is 6.30. The summed E-state index contributed by atoms with van der Waals surface area (Å²) >= 11 is 7.06. The van der Waals surface area contributed by atoms with Crippen LogP contribution in [-0.2, 0) is 14.2 Å². The number of halogens is 1. The van der Waals surface area contributed by atoms with Crippen LogP contribution in [0.4, 0.5) is 5.13 Å². The van der Waals surface area contributed by atoms with Gasteiger partial charge in [0.05, 0.1) is 26.4 Å². The van der Waals surface area contributed by atoms with Crippen molar-refractivity contribution in [1.29, 1.82) is 0 Å². The van der Waals surface area contributed by atoms with Gasteiger partial charge in [-0.3, -0.25) is 0 Å². The van der Waals surface area contributed by atoms with Crippen LogP contribution in [0.1, 0.15) is 23.0 Å². The van der Waals surface area contributed by atoms with Gasteiger partial charge in [-0.25, -0.2) is 9.78 Å². The zero-order valence-corrected chi connectivity index (χ0v) is 12.9. The van der Waals surface area contributed by atoms with Crippen LogP contribution in [0.5, 0.6) is 0 Å². The van der Waals surface area contributed by atoms with Crippen molar-refractivity contribution in [1.82, 2.24) is 4.98 Å². The van der Waals surface area contributed by atoms with Crippen LogP contribution in [-0.4, -0.2) is 50.0 Å². The Kier molecular flexibility index (Phi) is 5.59. The minimum absolute atomic E-state index is 0.0586. The lowest BCUT2D eigenvalue weighted by Crippen LogP contribution is -2.25. The fraction of sp³-hybridized carbons (Fsp3) is 0.667. The van der Waals surface area contributed by atoms with E-state index < -0.39 is 5.97 Å². The smallest absolute Gasteiger partial charge is 0.351 e. The molecule has 0 bridgehead atoms. The maximum atomic E-state index is 11.4. The molecule has 0 amide bonds. The van der Waals surface area contributed by atoms with E-state index in [4.69, 9.17) is 21.1 Å². The van der Waals surface area contributed by atoms with Crippen molar-refractivity contribution in [2.75, 3.05) is 32.2 Å². The van der Waals surface area contributed by atoms with Crippen molar-refractivity contribution in [2.24, 2.45) is 0 Å². The van der Waals surface area contributed by atoms with Gasteiger partial charge < -0.3 is 19.5 Å². The van der Waals surface area contributed by atoms with Crippen LogP contribution in [0.2, 0.25) is 5.15 Å². The molecule has 1 aliphatic heterocycles. The molecule has 8 heteroatoms. The van der Waals surface area contributed by atoms with E-state index in [0.717, 1.165) is 13.0 Å². The van der Waals surface area contributed by atoms with Crippen molar-refractivity contribution in [3.63, 3.8) is 0 Å². The number of rotatable bonds is 6. The predicted octanol–water partition coefficient (Wildman–Crippen LogP) is 2.19. The van der Waals surface area contributed by atoms with Crippen molar-refractivity contribution in [2.45, 2.75) is 25.5 Å². The Morgan fingerprint density at radius 2 is 2.50 bits per heavy atom. The molecule has 1 aliphatic rings. The van der Waals surface area contributed by atoms with Gasteiger partial charge in [0.25, 0.3) is 0 Å². The van der Waals surface area contributed by atoms with Crippen LogP contribution < -0.4 is 5.32 Å². The number of carbonyl (C=O) groups excluding carboxylic acids is 1. The summed E-state index contributed by atoms with van der Waals surface area (Å²) in [4.78, 5) is 15.8. The Morgan fingerprint density at radius 3 is 3.15 bits per heavy atom. The number of hydrogen-bond donors (Lipinski definition) is 1. The first-order chi connectivity index (χ1) is 9.60. The molecule has 0 spiro atoms. The van der Waals surface area contributed by atoms with Gasteiger partial charge in [-0.05, 0) is 13.3 Å². The second kappa shape index (κ2) is 7.21. The molecule has 0 saturated carbocycles. The molecule has 6 nitrogen and oxygen atoms in total. The minimum atomic E-state index is -0.479. The number of thiazole rings is 1. The summed E-state index contributed by atoms with van der Waals surface area (Å²) in [7, 11) is 1.31. The van der Waals surface area contributed by atoms with Crippen molar-refractivity contribution < 1.29 is 19.0 Å². The first-order valence-corrected chi connectivity index (χ1v) is 7.50. The van der Waals surface area contributed by atoms with E-state index in [-0.39, 0.29) is 17.3 Å². The molecule has 1 fully saturated rings. The summed E-state index contributed by atoms with van der Waals surface area (Å²) < 4.78 is 15.6. The molecule has 2 unspecified atom stereocenters. The molecule has 2 rings (SSSR count). The molecule has 2 atom stereocenters. The van der Waals surface area contributed by atoms with Crippen LogP contribution in [0.25, 0.3) is 0 Å². The second-order valence-electron chi connectivity index (χ2n) is 4.49. The van der Waals surface area contributed by atoms with E-state index in [1.807, 2.05) is 6.92 Å². The maximum Gasteiger partial charge on any atom is 0.351 e. The largest absolute Gasteiger partial charge is 0.465 e. The quantitative estimate of drug-likeness (QED) is 0.810. The Bertz CT molecular complexity index is 462. The van der Waals surface area contributed by atoms with Gasteiger partial charge in [0, 0.05) is 12.6 Å². The predicted molar refractivity (Wildman–Crippen MR) is 76.7 cm³/mol. The summed E-state index contributed by atoms with van der Waals surface area (Å²) in [6.07, 6.45) is 1.10. The van der Waals surface area contributed by atoms with Crippen molar-refractivity contribution in [3.8, 4) is 0 Å². The molecular formula is C12H17ClN2O4S. The third kappa shape index (κ3) is 4.05. The van der Waals surface area contributed by atoms with E-state index in [2.05, 4.69) is 15.0 Å². The van der Waals surface area contributed by atoms with E-state index in [1.54, 1.807) is 0 Å². The SMILES string of the molecule is COC(=O)c1sc(NC(C)COC2CCOC2)nc1Cl. The number of anilines is 1. The Hall–Kier alpha value is -0.890. The third-order valence-corrected chi connectivity index (χ3v) is 4.15. The normalized spacial score (nSPS) is 19.9. The van der Waals surface area contributed by atoms with Gasteiger partial charge >= 0.3 is 5.97 Å². The van der Waals surface area contributed by atoms with E-state index in [1.165, 1.54) is 18.4 Å². The zero-order chi connectivity index (χ0) is 14.5. The highest BCUT2D eigenvalue weighted by atomic mass is 35.5. The van der Waals surface area contributed by atoms with E-state index in [9.17, 15) is 4.79 Å². The number of nitrogens with zero attached hydrogens (tertiary/aromatic N) is 1. The Morgan fingerprint density at radius 1 is 1.70 bits per heavy atom. The summed E-state index contributed by atoms with van der Waals surface area (Å²) in [6, 6.07) is 0.0586. The van der Waals surface area contributed by atoms with E-state index in [0.29, 0.717) is 23.2 Å². The number of carbonyl (C=O) groups is 1. The summed E-state index contributed by atoms with van der Waals surface area (Å²) in [5.41, 5.74) is 0. The first kappa shape index (κ1) is 15.5. The number of ether oxygens (including phenoxy) is 3. The maximum absolute atomic E-state index is 11.4. The molecule has 2 heterocycles. The lowest BCUT2D eigenvalue weighted by molar-refractivity contribution is 0.0395. The summed E-state index contributed by atoms with van der Waals surface area (Å²) in [6.45, 7) is 3.93. The average Bonchev–Trinajstić information content (AvgIpc) is 3.05. The van der Waals surface area contributed by atoms with Crippen molar-refractivity contribution >= 4 is 34.0 Å². The number of methoxy groups -OCH3 is 1. The Balaban J connectivity index is 1.84. The fourth-order valence-corrected chi connectivity index (χ4v) is 2.97. The van der Waals surface area contributed by atoms with Crippen LogP contribution >= 0.6 is 22.9 Å². The number of nitrogens with one attached hydrogen (secondary N) is 1. The van der Waals surface area contributed by atoms with Gasteiger partial charge in [0.15, 0.2) is 15.2 Å². The fourth-order valence-electron chi connectivity index (χ4n) is 1.76. The highest BCUT2D eigenvalue weighted by Gasteiger charge is 2.20. The second-order valence-corrected chi connectivity index (χ2v) is 5.85. The van der Waals surface area contributed by atoms with Gasteiger partial charge in [0.2, 0.25) is 0 Å². The molecule has 1 saturated heterocycles. The van der Waals surface area contributed by atoms with Gasteiger partial charge in [-0.15, -0.1) is 0 Å². The molecule has 1 aromatic heterocycles. The highest BCUT2D eigenvalue weighted by Crippen LogP contribution is 2.28. The summed E-state index contributed by atoms with van der Waals surface area (Å²) in [5, 5.41) is 3.89. The van der Waals surface area contributed by atoms with Gasteiger partial charge in [-0.1, -0.05) is 22.9 Å². The molecular weight excluding hydrogens is 304 g/mol. The molecule has 112 valence electrons. The number of esters is 1. The average molecular weight is 321 g/mol. The standard InChI is InChI=1S/C12H17ClN2O4S/c1-7(5-19-8-3-4-18-6-8)14-12-15-10(13)9(20-12)11(16)17-2/h7-8H,3-6H2,1-2H3,(H,14,15). The molecule has 1 aromatic rings. The van der Waals surface area contributed by atoms with Crippen LogP contribution in [0, 0.1) is 0 Å². The van der Waals surface area contributed by atoms with Crippen LogP contribution in [0.3, 0.4) is 0 Å². The van der Waals surface area contributed by atoms with Crippen molar-refractivity contribution in [3.05, 3.63) is 10.0 Å². The molecule has 0 radical (unpaired) electrons. The van der Waals surface area contributed by atoms with Gasteiger partial charge in [0.1, 0.15) is 0 Å². The van der Waals surface area contributed by atoms with Crippen LogP contribution in [0.15, 0.2) is 0 Å². The molecule has 0 aliphatic carbocycles. The minimum Gasteiger partial charge on any atom is -0.465 e. The Labute approximate surface area is 126 Å². The zero-order valence-electron chi connectivity index (χ0n) is 11.3. The number of aromatic nitrogens is 1. The highest BCUT2D eigenvalue weighted by molar-refractivity contribution is 7.18. The lowest BCUT2D eigenvalue weighted by atomic mass is 10.3. The molecule has 20 heavy (non-hydrogen) atoms. The van der Waals surface area contributed by atoms with Gasteiger partial charge in [-0.2, -0.15) is 0 Å².